The number of carboxylic acid groups (broad SMARTS) is 1. The van der Waals surface area contributed by atoms with E-state index in [-0.39, 0.29) is 16.8 Å². The fourth-order valence-corrected chi connectivity index (χ4v) is 2.45. The molecule has 1 N–H and O–H groups in total. The summed E-state index contributed by atoms with van der Waals surface area (Å²) in [6.07, 6.45) is 0. The van der Waals surface area contributed by atoms with E-state index in [1.165, 1.54) is 6.07 Å². The van der Waals surface area contributed by atoms with Gasteiger partial charge in [-0.25, -0.2) is 4.79 Å². The number of nitro groups is 1. The van der Waals surface area contributed by atoms with Gasteiger partial charge in [0, 0.05) is 38.3 Å². The zero-order chi connectivity index (χ0) is 16.3. The number of likely N-dealkylation sites (N-methyl/N-ethyl adjacent to an activating group) is 1. The van der Waals surface area contributed by atoms with Gasteiger partial charge in [0.15, 0.2) is 0 Å². The van der Waals surface area contributed by atoms with Crippen molar-refractivity contribution < 1.29 is 19.6 Å². The van der Waals surface area contributed by atoms with Gasteiger partial charge in [0.25, 0.3) is 11.6 Å². The van der Waals surface area contributed by atoms with E-state index < -0.39 is 16.8 Å². The molecule has 8 nitrogen and oxygen atoms in total. The molecule has 0 aliphatic carbocycles. The molecule has 1 heterocycles. The summed E-state index contributed by atoms with van der Waals surface area (Å²) in [7, 11) is 0. The molecular weight excluding hydrogens is 290 g/mol. The van der Waals surface area contributed by atoms with E-state index in [9.17, 15) is 24.8 Å². The third-order valence-corrected chi connectivity index (χ3v) is 3.78. The predicted octanol–water partition coefficient (Wildman–Crippen LogP) is 1.07. The predicted molar refractivity (Wildman–Crippen MR) is 78.1 cm³/mol. The maximum atomic E-state index is 12.5. The van der Waals surface area contributed by atoms with Crippen molar-refractivity contribution in [3.63, 3.8) is 0 Å². The van der Waals surface area contributed by atoms with Crippen LogP contribution in [0, 0.1) is 10.1 Å². The first kappa shape index (κ1) is 15.9. The number of benzene rings is 1. The second kappa shape index (κ2) is 6.52. The summed E-state index contributed by atoms with van der Waals surface area (Å²) < 4.78 is 0. The van der Waals surface area contributed by atoms with Crippen molar-refractivity contribution in [2.45, 2.75) is 6.92 Å². The van der Waals surface area contributed by atoms with E-state index in [1.54, 1.807) is 4.90 Å². The highest BCUT2D eigenvalue weighted by atomic mass is 16.6. The molecule has 0 radical (unpaired) electrons. The van der Waals surface area contributed by atoms with E-state index in [2.05, 4.69) is 4.90 Å². The molecule has 0 unspecified atom stereocenters. The summed E-state index contributed by atoms with van der Waals surface area (Å²) in [6, 6.07) is 3.30. The van der Waals surface area contributed by atoms with Gasteiger partial charge >= 0.3 is 5.97 Å². The third kappa shape index (κ3) is 3.22. The van der Waals surface area contributed by atoms with Crippen LogP contribution >= 0.6 is 0 Å². The first-order chi connectivity index (χ1) is 10.4. The minimum Gasteiger partial charge on any atom is -0.478 e. The number of nitrogens with zero attached hydrogens (tertiary/aromatic N) is 3. The van der Waals surface area contributed by atoms with Crippen LogP contribution in [0.3, 0.4) is 0 Å². The van der Waals surface area contributed by atoms with Gasteiger partial charge in [-0.2, -0.15) is 0 Å². The molecule has 2 rings (SSSR count). The number of nitro benzene ring substituents is 1. The molecule has 1 aromatic carbocycles. The Morgan fingerprint density at radius 3 is 2.36 bits per heavy atom. The Morgan fingerprint density at radius 1 is 1.23 bits per heavy atom. The molecule has 1 aliphatic heterocycles. The number of carbonyl (C=O) groups is 2. The number of hydrogen-bond acceptors (Lipinski definition) is 5. The highest BCUT2D eigenvalue weighted by Gasteiger charge is 2.26. The summed E-state index contributed by atoms with van der Waals surface area (Å²) in [5, 5.41) is 19.9. The average Bonchev–Trinajstić information content (AvgIpc) is 2.53. The standard InChI is InChI=1S/C14H17N3O5/c1-2-15-5-7-16(8-6-15)13(18)11-4-3-10(17(21)22)9-12(11)14(19)20/h3-4,9H,2,5-8H2,1H3,(H,19,20). The molecule has 1 saturated heterocycles. The molecular formula is C14H17N3O5. The Bertz CT molecular complexity index is 608. The van der Waals surface area contributed by atoms with Crippen LogP contribution < -0.4 is 0 Å². The van der Waals surface area contributed by atoms with Gasteiger partial charge in [-0.3, -0.25) is 14.9 Å². The molecule has 0 saturated carbocycles. The van der Waals surface area contributed by atoms with Crippen molar-refractivity contribution in [2.24, 2.45) is 0 Å². The molecule has 1 fully saturated rings. The number of piperazine rings is 1. The molecule has 1 amide bonds. The summed E-state index contributed by atoms with van der Waals surface area (Å²) in [4.78, 5) is 37.6. The van der Waals surface area contributed by atoms with Crippen LogP contribution in [0.1, 0.15) is 27.6 Å². The molecule has 0 atom stereocenters. The lowest BCUT2D eigenvalue weighted by atomic mass is 10.0. The van der Waals surface area contributed by atoms with Crippen molar-refractivity contribution in [1.82, 2.24) is 9.80 Å². The van der Waals surface area contributed by atoms with Crippen LogP contribution in [0.5, 0.6) is 0 Å². The maximum Gasteiger partial charge on any atom is 0.336 e. The number of carbonyl (C=O) groups excluding carboxylic acids is 1. The second-order valence-electron chi connectivity index (χ2n) is 5.02. The lowest BCUT2D eigenvalue weighted by molar-refractivity contribution is -0.384. The van der Waals surface area contributed by atoms with Crippen LogP contribution in [0.15, 0.2) is 18.2 Å². The maximum absolute atomic E-state index is 12.5. The van der Waals surface area contributed by atoms with E-state index >= 15 is 0 Å². The Labute approximate surface area is 127 Å². The average molecular weight is 307 g/mol. The molecule has 1 aliphatic rings. The first-order valence-corrected chi connectivity index (χ1v) is 6.97. The van der Waals surface area contributed by atoms with Crippen LogP contribution in [-0.4, -0.2) is 64.4 Å². The fraction of sp³-hybridized carbons (Fsp3) is 0.429. The lowest BCUT2D eigenvalue weighted by Gasteiger charge is -2.34. The summed E-state index contributed by atoms with van der Waals surface area (Å²) in [5.41, 5.74) is -0.690. The van der Waals surface area contributed by atoms with Gasteiger partial charge in [-0.05, 0) is 12.6 Å². The van der Waals surface area contributed by atoms with Gasteiger partial charge in [-0.1, -0.05) is 6.92 Å². The summed E-state index contributed by atoms with van der Waals surface area (Å²) >= 11 is 0. The summed E-state index contributed by atoms with van der Waals surface area (Å²) in [6.45, 7) is 5.44. The van der Waals surface area contributed by atoms with E-state index in [0.717, 1.165) is 31.8 Å². The SMILES string of the molecule is CCN1CCN(C(=O)c2ccc([N+](=O)[O-])cc2C(=O)O)CC1. The zero-order valence-corrected chi connectivity index (χ0v) is 12.2. The molecule has 0 aromatic heterocycles. The van der Waals surface area contributed by atoms with Crippen LogP contribution in [-0.2, 0) is 0 Å². The van der Waals surface area contributed by atoms with Crippen molar-refractivity contribution in [3.8, 4) is 0 Å². The quantitative estimate of drug-likeness (QED) is 0.659. The highest BCUT2D eigenvalue weighted by Crippen LogP contribution is 2.20. The number of aromatic carboxylic acids is 1. The Kier molecular flexibility index (Phi) is 4.71. The monoisotopic (exact) mass is 307 g/mol. The molecule has 0 bridgehead atoms. The smallest absolute Gasteiger partial charge is 0.336 e. The van der Waals surface area contributed by atoms with Crippen molar-refractivity contribution in [1.29, 1.82) is 0 Å². The Balaban J connectivity index is 2.26. The van der Waals surface area contributed by atoms with Crippen LogP contribution in [0.4, 0.5) is 5.69 Å². The fourth-order valence-electron chi connectivity index (χ4n) is 2.45. The number of carboxylic acids is 1. The highest BCUT2D eigenvalue weighted by molar-refractivity contribution is 6.05. The second-order valence-corrected chi connectivity index (χ2v) is 5.02. The van der Waals surface area contributed by atoms with Crippen molar-refractivity contribution >= 4 is 17.6 Å². The minimum atomic E-state index is -1.35. The number of hydrogen-bond donors (Lipinski definition) is 1. The van der Waals surface area contributed by atoms with Crippen molar-refractivity contribution in [3.05, 3.63) is 39.4 Å². The molecule has 118 valence electrons. The summed E-state index contributed by atoms with van der Waals surface area (Å²) in [5.74, 6) is -1.75. The van der Waals surface area contributed by atoms with Gasteiger partial charge in [0.2, 0.25) is 0 Å². The zero-order valence-electron chi connectivity index (χ0n) is 12.2. The Morgan fingerprint density at radius 2 is 1.86 bits per heavy atom. The largest absolute Gasteiger partial charge is 0.478 e. The molecule has 1 aromatic rings. The topological polar surface area (TPSA) is 104 Å². The van der Waals surface area contributed by atoms with Gasteiger partial charge in [0.1, 0.15) is 0 Å². The Hall–Kier alpha value is -2.48. The van der Waals surface area contributed by atoms with Crippen molar-refractivity contribution in [2.75, 3.05) is 32.7 Å². The van der Waals surface area contributed by atoms with Crippen LogP contribution in [0.2, 0.25) is 0 Å². The van der Waals surface area contributed by atoms with E-state index in [1.807, 2.05) is 6.92 Å². The molecule has 8 heteroatoms. The van der Waals surface area contributed by atoms with Gasteiger partial charge < -0.3 is 14.9 Å². The van der Waals surface area contributed by atoms with E-state index in [0.29, 0.717) is 13.1 Å². The first-order valence-electron chi connectivity index (χ1n) is 6.97. The number of amides is 1. The third-order valence-electron chi connectivity index (χ3n) is 3.78. The molecule has 0 spiro atoms. The van der Waals surface area contributed by atoms with Gasteiger partial charge in [0.05, 0.1) is 16.1 Å². The van der Waals surface area contributed by atoms with Gasteiger partial charge in [-0.15, -0.1) is 0 Å². The van der Waals surface area contributed by atoms with E-state index in [4.69, 9.17) is 0 Å². The van der Waals surface area contributed by atoms with Crippen LogP contribution in [0.25, 0.3) is 0 Å². The lowest BCUT2D eigenvalue weighted by Crippen LogP contribution is -2.48. The number of rotatable bonds is 4. The minimum absolute atomic E-state index is 0.0111. The normalized spacial score (nSPS) is 15.6. The number of non-ortho nitro benzene ring substituents is 1. The molecule has 22 heavy (non-hydrogen) atoms.